The number of carbonyl (C=O) groups is 1. The second-order valence-electron chi connectivity index (χ2n) is 5.00. The normalized spacial score (nSPS) is 13.4. The second-order valence-corrected chi connectivity index (χ2v) is 6.60. The van der Waals surface area contributed by atoms with E-state index in [9.17, 15) is 13.2 Å². The number of hydrogen-bond donors (Lipinski definition) is 1. The van der Waals surface area contributed by atoms with Gasteiger partial charge in [-0.05, 0) is 6.42 Å². The van der Waals surface area contributed by atoms with Crippen molar-refractivity contribution >= 4 is 16.0 Å². The molecule has 0 aliphatic heterocycles. The van der Waals surface area contributed by atoms with Crippen molar-refractivity contribution in [1.82, 2.24) is 0 Å². The molecule has 0 heterocycles. The van der Waals surface area contributed by atoms with E-state index in [2.05, 4.69) is 6.92 Å². The fraction of sp³-hybridized carbons (Fsp3) is 0.923. The number of carbonyl (C=O) groups excluding carboxylic acids is 1. The summed E-state index contributed by atoms with van der Waals surface area (Å²) in [7, 11) is -3.53. The Morgan fingerprint density at radius 1 is 1.11 bits per heavy atom. The Kier molecular flexibility index (Phi) is 9.87. The molecular formula is C13H27NO4S. The van der Waals surface area contributed by atoms with E-state index < -0.39 is 22.1 Å². The molecule has 0 rings (SSSR count). The van der Waals surface area contributed by atoms with Gasteiger partial charge >= 0.3 is 0 Å². The Balaban J connectivity index is 3.83. The molecule has 0 saturated heterocycles. The summed E-state index contributed by atoms with van der Waals surface area (Å²) >= 11 is 0. The Labute approximate surface area is 117 Å². The van der Waals surface area contributed by atoms with E-state index in [4.69, 9.17) is 9.92 Å². The molecule has 0 aromatic carbocycles. The Bertz CT molecular complexity index is 341. The first kappa shape index (κ1) is 18.4. The van der Waals surface area contributed by atoms with Crippen LogP contribution < -0.4 is 5.73 Å². The average molecular weight is 293 g/mol. The molecule has 1 atom stereocenters. The minimum absolute atomic E-state index is 0.0388. The first-order valence-corrected chi connectivity index (χ1v) is 8.83. The summed E-state index contributed by atoms with van der Waals surface area (Å²) < 4.78 is 27.0. The minimum atomic E-state index is -3.53. The monoisotopic (exact) mass is 293 g/mol. The molecule has 0 unspecified atom stereocenters. The van der Waals surface area contributed by atoms with Gasteiger partial charge in [0.25, 0.3) is 10.1 Å². The van der Waals surface area contributed by atoms with E-state index in [1.165, 1.54) is 25.7 Å². The summed E-state index contributed by atoms with van der Waals surface area (Å²) in [6.45, 7) is 2.18. The lowest BCUT2D eigenvalue weighted by molar-refractivity contribution is -0.119. The molecule has 1 amide bonds. The number of primary amides is 1. The van der Waals surface area contributed by atoms with Crippen LogP contribution in [0.1, 0.15) is 64.7 Å². The highest BCUT2D eigenvalue weighted by molar-refractivity contribution is 7.86. The Morgan fingerprint density at radius 2 is 1.63 bits per heavy atom. The summed E-state index contributed by atoms with van der Waals surface area (Å²) in [5, 5.41) is 0. The topological polar surface area (TPSA) is 86.5 Å². The number of amides is 1. The van der Waals surface area contributed by atoms with Gasteiger partial charge in [0, 0.05) is 0 Å². The zero-order valence-electron chi connectivity index (χ0n) is 12.1. The molecule has 0 bridgehead atoms. The largest absolute Gasteiger partial charge is 0.370 e. The van der Waals surface area contributed by atoms with Crippen LogP contribution in [0.5, 0.6) is 0 Å². The van der Waals surface area contributed by atoms with Crippen molar-refractivity contribution in [3.8, 4) is 0 Å². The van der Waals surface area contributed by atoms with Gasteiger partial charge < -0.3 is 5.73 Å². The second kappa shape index (κ2) is 10.2. The van der Waals surface area contributed by atoms with Crippen LogP contribution in [-0.2, 0) is 19.1 Å². The zero-order valence-corrected chi connectivity index (χ0v) is 12.9. The molecule has 0 spiro atoms. The van der Waals surface area contributed by atoms with Gasteiger partial charge in [-0.25, -0.2) is 0 Å². The lowest BCUT2D eigenvalue weighted by Crippen LogP contribution is -2.25. The molecule has 0 aromatic rings. The smallest absolute Gasteiger partial charge is 0.264 e. The number of rotatable bonds is 12. The lowest BCUT2D eigenvalue weighted by atomic mass is 10.0. The average Bonchev–Trinajstić information content (AvgIpc) is 2.24. The SMILES string of the molecule is CCCCCCCCC[C@H](CC(N)=O)OS(C)(=O)=O. The molecule has 0 radical (unpaired) electrons. The summed E-state index contributed by atoms with van der Waals surface area (Å²) in [6.07, 6.45) is 8.89. The van der Waals surface area contributed by atoms with Crippen LogP contribution >= 0.6 is 0 Å². The fourth-order valence-electron chi connectivity index (χ4n) is 1.98. The minimum Gasteiger partial charge on any atom is -0.370 e. The lowest BCUT2D eigenvalue weighted by Gasteiger charge is -2.14. The molecule has 19 heavy (non-hydrogen) atoms. The Hall–Kier alpha value is -0.620. The van der Waals surface area contributed by atoms with Crippen LogP contribution in [0, 0.1) is 0 Å². The van der Waals surface area contributed by atoms with E-state index >= 15 is 0 Å². The van der Waals surface area contributed by atoms with Crippen LogP contribution in [0.3, 0.4) is 0 Å². The van der Waals surface area contributed by atoms with Crippen molar-refractivity contribution in [2.24, 2.45) is 5.73 Å². The number of hydrogen-bond acceptors (Lipinski definition) is 4. The fourth-order valence-corrected chi connectivity index (χ4v) is 2.64. The van der Waals surface area contributed by atoms with E-state index in [0.29, 0.717) is 6.42 Å². The van der Waals surface area contributed by atoms with Gasteiger partial charge in [0.05, 0.1) is 18.8 Å². The van der Waals surface area contributed by atoms with Crippen LogP contribution in [-0.4, -0.2) is 26.7 Å². The predicted molar refractivity (Wildman–Crippen MR) is 76.1 cm³/mol. The van der Waals surface area contributed by atoms with Gasteiger partial charge in [0.15, 0.2) is 0 Å². The van der Waals surface area contributed by atoms with Crippen LogP contribution in [0.4, 0.5) is 0 Å². The molecule has 0 aliphatic carbocycles. The quantitative estimate of drug-likeness (QED) is 0.442. The van der Waals surface area contributed by atoms with E-state index in [1.54, 1.807) is 0 Å². The summed E-state index contributed by atoms with van der Waals surface area (Å²) in [5.74, 6) is -0.531. The van der Waals surface area contributed by atoms with Gasteiger partial charge in [-0.1, -0.05) is 51.9 Å². The van der Waals surface area contributed by atoms with Gasteiger partial charge in [-0.2, -0.15) is 8.42 Å². The van der Waals surface area contributed by atoms with Gasteiger partial charge in [0.2, 0.25) is 5.91 Å². The highest BCUT2D eigenvalue weighted by atomic mass is 32.2. The van der Waals surface area contributed by atoms with Crippen molar-refractivity contribution in [3.05, 3.63) is 0 Å². The molecule has 0 saturated carbocycles. The molecule has 5 nitrogen and oxygen atoms in total. The number of unbranched alkanes of at least 4 members (excludes halogenated alkanes) is 6. The van der Waals surface area contributed by atoms with Gasteiger partial charge in [-0.15, -0.1) is 0 Å². The summed E-state index contributed by atoms with van der Waals surface area (Å²) in [5.41, 5.74) is 5.08. The van der Waals surface area contributed by atoms with E-state index in [-0.39, 0.29) is 6.42 Å². The maximum Gasteiger partial charge on any atom is 0.264 e. The van der Waals surface area contributed by atoms with Crippen molar-refractivity contribution in [2.45, 2.75) is 70.8 Å². The molecule has 0 aromatic heterocycles. The molecule has 0 aliphatic rings. The zero-order chi connectivity index (χ0) is 14.7. The molecule has 0 fully saturated rings. The first-order valence-electron chi connectivity index (χ1n) is 7.01. The molecular weight excluding hydrogens is 266 g/mol. The summed E-state index contributed by atoms with van der Waals surface area (Å²) in [4.78, 5) is 10.9. The highest BCUT2D eigenvalue weighted by Crippen LogP contribution is 2.14. The maximum atomic E-state index is 11.1. The third kappa shape index (κ3) is 13.6. The summed E-state index contributed by atoms with van der Waals surface area (Å²) in [6, 6.07) is 0. The predicted octanol–water partition coefficient (Wildman–Crippen LogP) is 2.35. The Morgan fingerprint density at radius 3 is 2.11 bits per heavy atom. The van der Waals surface area contributed by atoms with Gasteiger partial charge in [0.1, 0.15) is 0 Å². The van der Waals surface area contributed by atoms with Crippen LogP contribution in [0.25, 0.3) is 0 Å². The first-order chi connectivity index (χ1) is 8.85. The number of nitrogens with two attached hydrogens (primary N) is 1. The van der Waals surface area contributed by atoms with E-state index in [0.717, 1.165) is 25.5 Å². The third-order valence-electron chi connectivity index (χ3n) is 2.87. The van der Waals surface area contributed by atoms with Crippen molar-refractivity contribution in [1.29, 1.82) is 0 Å². The van der Waals surface area contributed by atoms with Crippen molar-refractivity contribution in [2.75, 3.05) is 6.26 Å². The maximum absolute atomic E-state index is 11.1. The molecule has 6 heteroatoms. The van der Waals surface area contributed by atoms with E-state index in [1.807, 2.05) is 0 Å². The van der Waals surface area contributed by atoms with Crippen LogP contribution in [0.15, 0.2) is 0 Å². The molecule has 2 N–H and O–H groups in total. The van der Waals surface area contributed by atoms with Crippen molar-refractivity contribution in [3.63, 3.8) is 0 Å². The van der Waals surface area contributed by atoms with Gasteiger partial charge in [-0.3, -0.25) is 8.98 Å². The van der Waals surface area contributed by atoms with Crippen molar-refractivity contribution < 1.29 is 17.4 Å². The highest BCUT2D eigenvalue weighted by Gasteiger charge is 2.17. The molecule has 114 valence electrons. The standard InChI is InChI=1S/C13H27NO4S/c1-3-4-5-6-7-8-9-10-12(11-13(14)15)18-19(2,16)17/h12H,3-11H2,1-2H3,(H2,14,15)/t12-/m1/s1. The third-order valence-corrected chi connectivity index (χ3v) is 3.49. The van der Waals surface area contributed by atoms with Crippen LogP contribution in [0.2, 0.25) is 0 Å².